The second kappa shape index (κ2) is 7.07. The molecule has 0 saturated carbocycles. The molecule has 1 aromatic rings. The SMILES string of the molecule is CCCC(CC)COc1cc(C=O)sc1Br. The van der Waals surface area contributed by atoms with Gasteiger partial charge in [-0.05, 0) is 28.3 Å². The number of carbonyl (C=O) groups excluding carboxylic acids is 1. The minimum Gasteiger partial charge on any atom is -0.491 e. The van der Waals surface area contributed by atoms with Gasteiger partial charge in [-0.2, -0.15) is 0 Å². The van der Waals surface area contributed by atoms with Crippen LogP contribution in [0.2, 0.25) is 0 Å². The van der Waals surface area contributed by atoms with Crippen LogP contribution >= 0.6 is 27.3 Å². The van der Waals surface area contributed by atoms with Gasteiger partial charge in [0.2, 0.25) is 0 Å². The summed E-state index contributed by atoms with van der Waals surface area (Å²) in [5.41, 5.74) is 0. The minimum absolute atomic E-state index is 0.608. The second-order valence-electron chi connectivity index (χ2n) is 3.78. The number of hydrogen-bond acceptors (Lipinski definition) is 3. The van der Waals surface area contributed by atoms with E-state index >= 15 is 0 Å². The van der Waals surface area contributed by atoms with Gasteiger partial charge in [0.15, 0.2) is 6.29 Å². The molecule has 1 heterocycles. The van der Waals surface area contributed by atoms with Crippen LogP contribution in [0.1, 0.15) is 42.8 Å². The molecule has 1 unspecified atom stereocenters. The van der Waals surface area contributed by atoms with Gasteiger partial charge < -0.3 is 4.74 Å². The van der Waals surface area contributed by atoms with Crippen LogP contribution in [0, 0.1) is 5.92 Å². The summed E-state index contributed by atoms with van der Waals surface area (Å²) in [6.45, 7) is 5.11. The van der Waals surface area contributed by atoms with E-state index in [0.29, 0.717) is 10.8 Å². The van der Waals surface area contributed by atoms with E-state index in [-0.39, 0.29) is 0 Å². The Labute approximate surface area is 109 Å². The monoisotopic (exact) mass is 304 g/mol. The quantitative estimate of drug-likeness (QED) is 0.692. The molecule has 0 aromatic carbocycles. The zero-order valence-corrected chi connectivity index (χ0v) is 12.1. The summed E-state index contributed by atoms with van der Waals surface area (Å²) in [6, 6.07) is 1.79. The summed E-state index contributed by atoms with van der Waals surface area (Å²) in [5, 5.41) is 0. The smallest absolute Gasteiger partial charge is 0.160 e. The topological polar surface area (TPSA) is 26.3 Å². The molecule has 0 aliphatic rings. The van der Waals surface area contributed by atoms with E-state index in [2.05, 4.69) is 29.8 Å². The van der Waals surface area contributed by atoms with Crippen molar-refractivity contribution in [2.24, 2.45) is 5.92 Å². The Morgan fingerprint density at radius 3 is 2.81 bits per heavy atom. The Hall–Kier alpha value is -0.350. The van der Waals surface area contributed by atoms with E-state index < -0.39 is 0 Å². The molecule has 1 atom stereocenters. The third-order valence-electron chi connectivity index (χ3n) is 2.54. The molecule has 0 spiro atoms. The van der Waals surface area contributed by atoms with Gasteiger partial charge in [0.05, 0.1) is 11.5 Å². The molecule has 0 aliphatic carbocycles. The van der Waals surface area contributed by atoms with Crippen LogP contribution in [-0.2, 0) is 0 Å². The zero-order valence-electron chi connectivity index (χ0n) is 9.66. The van der Waals surface area contributed by atoms with Crippen LogP contribution < -0.4 is 4.74 Å². The molecule has 2 nitrogen and oxygen atoms in total. The van der Waals surface area contributed by atoms with Crippen LogP contribution in [0.25, 0.3) is 0 Å². The van der Waals surface area contributed by atoms with Gasteiger partial charge >= 0.3 is 0 Å². The Balaban J connectivity index is 2.52. The fourth-order valence-electron chi connectivity index (χ4n) is 1.55. The van der Waals surface area contributed by atoms with Crippen LogP contribution in [0.4, 0.5) is 0 Å². The summed E-state index contributed by atoms with van der Waals surface area (Å²) in [7, 11) is 0. The molecule has 16 heavy (non-hydrogen) atoms. The van der Waals surface area contributed by atoms with Crippen LogP contribution in [0.3, 0.4) is 0 Å². The first-order valence-electron chi connectivity index (χ1n) is 5.58. The van der Waals surface area contributed by atoms with E-state index in [0.717, 1.165) is 28.8 Å². The number of rotatable bonds is 7. The first kappa shape index (κ1) is 13.7. The van der Waals surface area contributed by atoms with Crippen molar-refractivity contribution in [1.29, 1.82) is 0 Å². The maximum atomic E-state index is 10.6. The normalized spacial score (nSPS) is 12.4. The van der Waals surface area contributed by atoms with Crippen molar-refractivity contribution in [2.75, 3.05) is 6.61 Å². The van der Waals surface area contributed by atoms with E-state index in [1.54, 1.807) is 6.07 Å². The molecule has 90 valence electrons. The van der Waals surface area contributed by atoms with Gasteiger partial charge in [0, 0.05) is 6.07 Å². The van der Waals surface area contributed by atoms with E-state index in [9.17, 15) is 4.79 Å². The molecule has 0 N–H and O–H groups in total. The lowest BCUT2D eigenvalue weighted by molar-refractivity contribution is 0.112. The highest BCUT2D eigenvalue weighted by Crippen LogP contribution is 2.34. The standard InChI is InChI=1S/C12H17BrO2S/c1-3-5-9(4-2)8-15-11-6-10(7-14)16-12(11)13/h6-7,9H,3-5,8H2,1-2H3. The van der Waals surface area contributed by atoms with Crippen molar-refractivity contribution in [3.05, 3.63) is 14.7 Å². The van der Waals surface area contributed by atoms with Crippen molar-refractivity contribution in [3.63, 3.8) is 0 Å². The van der Waals surface area contributed by atoms with Gasteiger partial charge in [0.1, 0.15) is 9.54 Å². The third kappa shape index (κ3) is 3.91. The maximum Gasteiger partial charge on any atom is 0.160 e. The Kier molecular flexibility index (Phi) is 6.06. The molecule has 0 aliphatic heterocycles. The Bertz CT molecular complexity index is 336. The number of ether oxygens (including phenoxy) is 1. The Morgan fingerprint density at radius 2 is 2.31 bits per heavy atom. The minimum atomic E-state index is 0.608. The van der Waals surface area contributed by atoms with Gasteiger partial charge in [-0.25, -0.2) is 0 Å². The van der Waals surface area contributed by atoms with Gasteiger partial charge in [-0.1, -0.05) is 26.7 Å². The first-order chi connectivity index (χ1) is 7.71. The molecule has 0 bridgehead atoms. The van der Waals surface area contributed by atoms with E-state index in [1.807, 2.05) is 0 Å². The largest absolute Gasteiger partial charge is 0.491 e. The molecular weight excluding hydrogens is 288 g/mol. The molecule has 1 aromatic heterocycles. The van der Waals surface area contributed by atoms with Crippen LogP contribution in [0.5, 0.6) is 5.75 Å². The molecule has 4 heteroatoms. The molecule has 0 fully saturated rings. The molecule has 0 radical (unpaired) electrons. The second-order valence-corrected chi connectivity index (χ2v) is 6.18. The lowest BCUT2D eigenvalue weighted by Crippen LogP contribution is -2.10. The number of halogens is 1. The van der Waals surface area contributed by atoms with E-state index in [4.69, 9.17) is 4.74 Å². The summed E-state index contributed by atoms with van der Waals surface area (Å²) in [6.07, 6.45) is 4.37. The van der Waals surface area contributed by atoms with E-state index in [1.165, 1.54) is 24.2 Å². The predicted molar refractivity (Wildman–Crippen MR) is 71.6 cm³/mol. The maximum absolute atomic E-state index is 10.6. The van der Waals surface area contributed by atoms with Crippen molar-refractivity contribution in [1.82, 2.24) is 0 Å². The molecule has 0 amide bonds. The number of aldehydes is 1. The highest BCUT2D eigenvalue weighted by atomic mass is 79.9. The fraction of sp³-hybridized carbons (Fsp3) is 0.583. The summed E-state index contributed by atoms with van der Waals surface area (Å²) in [4.78, 5) is 11.3. The lowest BCUT2D eigenvalue weighted by atomic mass is 10.0. The van der Waals surface area contributed by atoms with Crippen LogP contribution in [-0.4, -0.2) is 12.9 Å². The van der Waals surface area contributed by atoms with Gasteiger partial charge in [-0.3, -0.25) is 4.79 Å². The van der Waals surface area contributed by atoms with Crippen molar-refractivity contribution in [3.8, 4) is 5.75 Å². The van der Waals surface area contributed by atoms with Gasteiger partial charge in [-0.15, -0.1) is 11.3 Å². The van der Waals surface area contributed by atoms with Crippen LogP contribution in [0.15, 0.2) is 9.85 Å². The number of thiophene rings is 1. The summed E-state index contributed by atoms with van der Waals surface area (Å²) in [5.74, 6) is 1.40. The fourth-order valence-corrected chi connectivity index (χ4v) is 2.98. The third-order valence-corrected chi connectivity index (χ3v) is 4.25. The van der Waals surface area contributed by atoms with Crippen molar-refractivity contribution in [2.45, 2.75) is 33.1 Å². The predicted octanol–water partition coefficient (Wildman–Crippen LogP) is 4.53. The highest BCUT2D eigenvalue weighted by Gasteiger charge is 2.10. The molecular formula is C12H17BrO2S. The summed E-state index contributed by atoms with van der Waals surface area (Å²) >= 11 is 4.81. The molecule has 0 saturated heterocycles. The van der Waals surface area contributed by atoms with Crippen molar-refractivity contribution >= 4 is 33.6 Å². The van der Waals surface area contributed by atoms with Gasteiger partial charge in [0.25, 0.3) is 0 Å². The number of hydrogen-bond donors (Lipinski definition) is 0. The average Bonchev–Trinajstić information content (AvgIpc) is 2.65. The Morgan fingerprint density at radius 1 is 1.56 bits per heavy atom. The highest BCUT2D eigenvalue weighted by molar-refractivity contribution is 9.11. The molecule has 1 rings (SSSR count). The zero-order chi connectivity index (χ0) is 12.0. The average molecular weight is 305 g/mol. The van der Waals surface area contributed by atoms with Crippen molar-refractivity contribution < 1.29 is 9.53 Å². The number of carbonyl (C=O) groups is 1. The first-order valence-corrected chi connectivity index (χ1v) is 7.19. The summed E-state index contributed by atoms with van der Waals surface area (Å²) < 4.78 is 6.63. The lowest BCUT2D eigenvalue weighted by Gasteiger charge is -2.14.